The van der Waals surface area contributed by atoms with Crippen molar-refractivity contribution >= 4 is 22.3 Å². The number of nitrogens with zero attached hydrogens (tertiary/aromatic N) is 2. The number of nitro groups is 1. The summed E-state index contributed by atoms with van der Waals surface area (Å²) in [5.74, 6) is 2.49. The molecule has 0 bridgehead atoms. The molecule has 1 heterocycles. The zero-order valence-electron chi connectivity index (χ0n) is 9.75. The van der Waals surface area contributed by atoms with E-state index < -0.39 is 4.92 Å². The summed E-state index contributed by atoms with van der Waals surface area (Å²) in [5, 5.41) is 14.7. The number of hydrogen-bond donors (Lipinski definition) is 1. The van der Waals surface area contributed by atoms with Gasteiger partial charge in [-0.25, -0.2) is 4.98 Å². The number of para-hydroxylation sites is 1. The lowest BCUT2D eigenvalue weighted by Gasteiger charge is -2.11. The van der Waals surface area contributed by atoms with Crippen LogP contribution in [0.4, 0.5) is 11.4 Å². The SMILES string of the molecule is C#CC(C)Nc1c([N+](=O)[O-])cnc2ccccc12. The van der Waals surface area contributed by atoms with E-state index in [1.165, 1.54) is 6.20 Å². The van der Waals surface area contributed by atoms with Crippen molar-refractivity contribution in [2.45, 2.75) is 13.0 Å². The smallest absolute Gasteiger partial charge is 0.311 e. The summed E-state index contributed by atoms with van der Waals surface area (Å²) < 4.78 is 0. The van der Waals surface area contributed by atoms with Gasteiger partial charge in [0, 0.05) is 5.39 Å². The lowest BCUT2D eigenvalue weighted by Crippen LogP contribution is -2.14. The molecule has 0 saturated carbocycles. The van der Waals surface area contributed by atoms with Gasteiger partial charge >= 0.3 is 5.69 Å². The fraction of sp³-hybridized carbons (Fsp3) is 0.154. The molecule has 5 nitrogen and oxygen atoms in total. The molecule has 0 radical (unpaired) electrons. The largest absolute Gasteiger partial charge is 0.366 e. The van der Waals surface area contributed by atoms with E-state index >= 15 is 0 Å². The van der Waals surface area contributed by atoms with Crippen LogP contribution >= 0.6 is 0 Å². The number of nitrogens with one attached hydrogen (secondary N) is 1. The Balaban J connectivity index is 2.67. The predicted molar refractivity (Wildman–Crippen MR) is 70.3 cm³/mol. The van der Waals surface area contributed by atoms with Crippen molar-refractivity contribution in [1.29, 1.82) is 0 Å². The Morgan fingerprint density at radius 3 is 2.89 bits per heavy atom. The molecule has 1 aromatic carbocycles. The number of hydrogen-bond acceptors (Lipinski definition) is 4. The molecule has 0 fully saturated rings. The molecule has 1 atom stereocenters. The Morgan fingerprint density at radius 2 is 2.22 bits per heavy atom. The zero-order valence-corrected chi connectivity index (χ0v) is 9.75. The second-order valence-electron chi connectivity index (χ2n) is 3.83. The van der Waals surface area contributed by atoms with Crippen molar-refractivity contribution in [1.82, 2.24) is 4.98 Å². The molecule has 0 aliphatic rings. The summed E-state index contributed by atoms with van der Waals surface area (Å²) in [6.07, 6.45) is 6.54. The van der Waals surface area contributed by atoms with Crippen molar-refractivity contribution in [2.24, 2.45) is 0 Å². The lowest BCUT2D eigenvalue weighted by atomic mass is 10.1. The van der Waals surface area contributed by atoms with E-state index in [2.05, 4.69) is 16.2 Å². The molecule has 2 rings (SSSR count). The third kappa shape index (κ3) is 2.09. The summed E-state index contributed by atoms with van der Waals surface area (Å²) in [7, 11) is 0. The van der Waals surface area contributed by atoms with E-state index in [0.29, 0.717) is 16.6 Å². The molecule has 0 saturated heterocycles. The highest BCUT2D eigenvalue weighted by atomic mass is 16.6. The second-order valence-corrected chi connectivity index (χ2v) is 3.83. The average molecular weight is 241 g/mol. The van der Waals surface area contributed by atoms with Crippen LogP contribution in [0.5, 0.6) is 0 Å². The number of pyridine rings is 1. The molecule has 0 amide bonds. The first-order chi connectivity index (χ1) is 8.63. The van der Waals surface area contributed by atoms with Crippen LogP contribution in [-0.4, -0.2) is 15.9 Å². The molecule has 18 heavy (non-hydrogen) atoms. The molecule has 0 spiro atoms. The molecule has 1 aromatic heterocycles. The Bertz CT molecular complexity index is 646. The standard InChI is InChI=1S/C13H11N3O2/c1-3-9(2)15-13-10-6-4-5-7-11(10)14-8-12(13)16(17)18/h1,4-9H,2H3,(H,14,15). The van der Waals surface area contributed by atoms with E-state index in [1.807, 2.05) is 6.07 Å². The molecular formula is C13H11N3O2. The lowest BCUT2D eigenvalue weighted by molar-refractivity contribution is -0.384. The Labute approximate surface area is 104 Å². The van der Waals surface area contributed by atoms with Crippen molar-refractivity contribution in [3.63, 3.8) is 0 Å². The minimum absolute atomic E-state index is 0.0733. The van der Waals surface area contributed by atoms with E-state index in [9.17, 15) is 10.1 Å². The van der Waals surface area contributed by atoms with Crippen molar-refractivity contribution in [2.75, 3.05) is 5.32 Å². The van der Waals surface area contributed by atoms with Gasteiger partial charge in [-0.3, -0.25) is 10.1 Å². The van der Waals surface area contributed by atoms with Gasteiger partial charge in [-0.1, -0.05) is 24.1 Å². The number of benzene rings is 1. The maximum Gasteiger partial charge on any atom is 0.311 e. The van der Waals surface area contributed by atoms with E-state index in [1.54, 1.807) is 25.1 Å². The average Bonchev–Trinajstić information content (AvgIpc) is 2.38. The maximum atomic E-state index is 11.0. The van der Waals surface area contributed by atoms with Crippen LogP contribution in [0.25, 0.3) is 10.9 Å². The number of terminal acetylenes is 1. The number of aromatic nitrogens is 1. The zero-order chi connectivity index (χ0) is 13.1. The highest BCUT2D eigenvalue weighted by Gasteiger charge is 2.18. The van der Waals surface area contributed by atoms with E-state index in [4.69, 9.17) is 6.42 Å². The molecule has 2 aromatic rings. The van der Waals surface area contributed by atoms with Crippen LogP contribution in [0, 0.1) is 22.5 Å². The topological polar surface area (TPSA) is 68.1 Å². The molecule has 0 aliphatic heterocycles. The second kappa shape index (κ2) is 4.72. The van der Waals surface area contributed by atoms with Crippen LogP contribution in [0.1, 0.15) is 6.92 Å². The van der Waals surface area contributed by atoms with Crippen LogP contribution in [0.15, 0.2) is 30.5 Å². The molecule has 0 aliphatic carbocycles. The van der Waals surface area contributed by atoms with Gasteiger partial charge in [-0.15, -0.1) is 6.42 Å². The van der Waals surface area contributed by atoms with Crippen molar-refractivity contribution in [3.05, 3.63) is 40.6 Å². The first-order valence-electron chi connectivity index (χ1n) is 5.38. The van der Waals surface area contributed by atoms with Gasteiger partial charge in [0.25, 0.3) is 0 Å². The molecule has 90 valence electrons. The monoisotopic (exact) mass is 241 g/mol. The first kappa shape index (κ1) is 11.9. The molecular weight excluding hydrogens is 230 g/mol. The Hall–Kier alpha value is -2.61. The quantitative estimate of drug-likeness (QED) is 0.509. The van der Waals surface area contributed by atoms with Crippen molar-refractivity contribution in [3.8, 4) is 12.3 Å². The van der Waals surface area contributed by atoms with Gasteiger partial charge < -0.3 is 5.32 Å². The van der Waals surface area contributed by atoms with Crippen LogP contribution < -0.4 is 5.32 Å². The molecule has 5 heteroatoms. The van der Waals surface area contributed by atoms with Gasteiger partial charge in [0.2, 0.25) is 0 Å². The van der Waals surface area contributed by atoms with Gasteiger partial charge in [-0.05, 0) is 13.0 Å². The number of rotatable bonds is 3. The van der Waals surface area contributed by atoms with Gasteiger partial charge in [0.15, 0.2) is 0 Å². The predicted octanol–water partition coefficient (Wildman–Crippen LogP) is 2.58. The van der Waals surface area contributed by atoms with Crippen LogP contribution in [0.3, 0.4) is 0 Å². The fourth-order valence-corrected chi connectivity index (χ4v) is 1.68. The first-order valence-corrected chi connectivity index (χ1v) is 5.38. The third-order valence-electron chi connectivity index (χ3n) is 2.56. The Morgan fingerprint density at radius 1 is 1.50 bits per heavy atom. The highest BCUT2D eigenvalue weighted by Crippen LogP contribution is 2.31. The summed E-state index contributed by atoms with van der Waals surface area (Å²) >= 11 is 0. The normalized spacial score (nSPS) is 11.8. The minimum Gasteiger partial charge on any atom is -0.366 e. The minimum atomic E-state index is -0.467. The summed E-state index contributed by atoms with van der Waals surface area (Å²) in [5.41, 5.74) is 1.03. The highest BCUT2D eigenvalue weighted by molar-refractivity contribution is 5.95. The maximum absolute atomic E-state index is 11.0. The van der Waals surface area contributed by atoms with Gasteiger partial charge in [0.05, 0.1) is 16.5 Å². The molecule has 1 N–H and O–H groups in total. The summed E-state index contributed by atoms with van der Waals surface area (Å²) in [6.45, 7) is 1.76. The third-order valence-corrected chi connectivity index (χ3v) is 2.56. The Kier molecular flexibility index (Phi) is 3.11. The molecule has 1 unspecified atom stereocenters. The van der Waals surface area contributed by atoms with Crippen LogP contribution in [0.2, 0.25) is 0 Å². The van der Waals surface area contributed by atoms with Gasteiger partial charge in [-0.2, -0.15) is 0 Å². The summed E-state index contributed by atoms with van der Waals surface area (Å²) in [4.78, 5) is 14.6. The van der Waals surface area contributed by atoms with E-state index in [0.717, 1.165) is 0 Å². The van der Waals surface area contributed by atoms with E-state index in [-0.39, 0.29) is 11.7 Å². The number of anilines is 1. The van der Waals surface area contributed by atoms with Gasteiger partial charge in [0.1, 0.15) is 11.9 Å². The number of fused-ring (bicyclic) bond motifs is 1. The summed E-state index contributed by atoms with van der Waals surface area (Å²) in [6, 6.07) is 6.91. The van der Waals surface area contributed by atoms with Crippen molar-refractivity contribution < 1.29 is 4.92 Å². The fourth-order valence-electron chi connectivity index (χ4n) is 1.68. The van der Waals surface area contributed by atoms with Crippen LogP contribution in [-0.2, 0) is 0 Å².